The van der Waals surface area contributed by atoms with Gasteiger partial charge in [0.25, 0.3) is 0 Å². The van der Waals surface area contributed by atoms with Crippen LogP contribution in [-0.2, 0) is 28.3 Å². The number of carbonyl (C=O) groups excluding carboxylic acids is 2. The lowest BCUT2D eigenvalue weighted by Crippen LogP contribution is -2.51. The summed E-state index contributed by atoms with van der Waals surface area (Å²) in [6.45, 7) is 2.54. The molecule has 1 unspecified atom stereocenters. The second-order valence-corrected chi connectivity index (χ2v) is 9.29. The zero-order chi connectivity index (χ0) is 24.3. The number of nitrogens with zero attached hydrogens (tertiary/aromatic N) is 1. The molecule has 0 aliphatic carbocycles. The molecule has 0 bridgehead atoms. The second kappa shape index (κ2) is 13.2. The Hall–Kier alpha value is -2.83. The molecular formula is C27H28ClFN2O2S. The topological polar surface area (TPSA) is 49.4 Å². The molecule has 1 atom stereocenters. The first-order valence-electron chi connectivity index (χ1n) is 11.1. The van der Waals surface area contributed by atoms with Crippen molar-refractivity contribution < 1.29 is 14.0 Å². The van der Waals surface area contributed by atoms with E-state index in [-0.39, 0.29) is 29.9 Å². The van der Waals surface area contributed by atoms with Gasteiger partial charge in [0.15, 0.2) is 0 Å². The standard InChI is InChI=1S/C27H28ClFN2O2S/c1-2-30-27(33)25(16-20-6-4-3-5-7-20)31(17-21-10-14-24(29)15-11-21)26(32)19-34-18-22-8-12-23(28)13-9-22/h3-15,25H,2,16-19H2,1H3,(H,30,33). The molecule has 1 N–H and O–H groups in total. The number of likely N-dealkylation sites (N-methyl/N-ethyl adjacent to an activating group) is 1. The van der Waals surface area contributed by atoms with E-state index in [0.29, 0.717) is 23.7 Å². The summed E-state index contributed by atoms with van der Waals surface area (Å²) in [7, 11) is 0. The van der Waals surface area contributed by atoms with Crippen molar-refractivity contribution >= 4 is 35.2 Å². The van der Waals surface area contributed by atoms with Gasteiger partial charge in [0.2, 0.25) is 11.8 Å². The highest BCUT2D eigenvalue weighted by atomic mass is 35.5. The van der Waals surface area contributed by atoms with Crippen LogP contribution in [0.1, 0.15) is 23.6 Å². The van der Waals surface area contributed by atoms with E-state index in [1.54, 1.807) is 17.0 Å². The quantitative estimate of drug-likeness (QED) is 0.380. The predicted molar refractivity (Wildman–Crippen MR) is 137 cm³/mol. The van der Waals surface area contributed by atoms with Crippen LogP contribution in [0.5, 0.6) is 0 Å². The Balaban J connectivity index is 1.81. The number of benzene rings is 3. The molecule has 0 aliphatic heterocycles. The molecule has 3 aromatic rings. The molecule has 7 heteroatoms. The fourth-order valence-corrected chi connectivity index (χ4v) is 4.55. The van der Waals surface area contributed by atoms with E-state index >= 15 is 0 Å². The van der Waals surface area contributed by atoms with Crippen molar-refractivity contribution in [2.24, 2.45) is 0 Å². The van der Waals surface area contributed by atoms with Crippen molar-refractivity contribution in [2.45, 2.75) is 31.7 Å². The van der Waals surface area contributed by atoms with E-state index in [0.717, 1.165) is 16.7 Å². The Morgan fingerprint density at radius 2 is 1.59 bits per heavy atom. The molecule has 34 heavy (non-hydrogen) atoms. The van der Waals surface area contributed by atoms with Gasteiger partial charge in [0, 0.05) is 30.3 Å². The van der Waals surface area contributed by atoms with Crippen LogP contribution in [0.2, 0.25) is 5.02 Å². The second-order valence-electron chi connectivity index (χ2n) is 7.87. The highest BCUT2D eigenvalue weighted by molar-refractivity contribution is 7.99. The molecule has 4 nitrogen and oxygen atoms in total. The van der Waals surface area contributed by atoms with Gasteiger partial charge in [-0.25, -0.2) is 4.39 Å². The van der Waals surface area contributed by atoms with Crippen molar-refractivity contribution in [2.75, 3.05) is 12.3 Å². The van der Waals surface area contributed by atoms with E-state index in [9.17, 15) is 14.0 Å². The van der Waals surface area contributed by atoms with Crippen LogP contribution in [0.3, 0.4) is 0 Å². The zero-order valence-corrected chi connectivity index (χ0v) is 20.6. The summed E-state index contributed by atoms with van der Waals surface area (Å²) < 4.78 is 13.5. The molecule has 0 spiro atoms. The Labute approximate surface area is 209 Å². The van der Waals surface area contributed by atoms with Crippen LogP contribution in [0.25, 0.3) is 0 Å². The average Bonchev–Trinajstić information content (AvgIpc) is 2.84. The van der Waals surface area contributed by atoms with E-state index < -0.39 is 6.04 Å². The van der Waals surface area contributed by atoms with E-state index in [1.807, 2.05) is 61.5 Å². The van der Waals surface area contributed by atoms with E-state index in [4.69, 9.17) is 11.6 Å². The van der Waals surface area contributed by atoms with Gasteiger partial charge in [0.05, 0.1) is 5.75 Å². The number of amides is 2. The van der Waals surface area contributed by atoms with Crippen molar-refractivity contribution in [1.82, 2.24) is 10.2 Å². The van der Waals surface area contributed by atoms with Crippen molar-refractivity contribution in [1.29, 1.82) is 0 Å². The van der Waals surface area contributed by atoms with Crippen molar-refractivity contribution in [3.05, 3.63) is 106 Å². The number of carbonyl (C=O) groups is 2. The molecule has 0 fully saturated rings. The maximum Gasteiger partial charge on any atom is 0.243 e. The van der Waals surface area contributed by atoms with E-state index in [2.05, 4.69) is 5.32 Å². The first-order valence-corrected chi connectivity index (χ1v) is 12.7. The average molecular weight is 499 g/mol. The molecule has 2 amide bonds. The first kappa shape index (κ1) is 25.8. The summed E-state index contributed by atoms with van der Waals surface area (Å²) in [5.41, 5.74) is 2.79. The molecule has 0 aromatic heterocycles. The fraction of sp³-hybridized carbons (Fsp3) is 0.259. The summed E-state index contributed by atoms with van der Waals surface area (Å²) in [6.07, 6.45) is 0.390. The number of halogens is 2. The predicted octanol–water partition coefficient (Wildman–Crippen LogP) is 5.49. The minimum Gasteiger partial charge on any atom is -0.355 e. The highest BCUT2D eigenvalue weighted by Crippen LogP contribution is 2.19. The molecule has 178 valence electrons. The summed E-state index contributed by atoms with van der Waals surface area (Å²) in [5.74, 6) is 0.177. The molecule has 0 aliphatic rings. The summed E-state index contributed by atoms with van der Waals surface area (Å²) in [5, 5.41) is 3.54. The van der Waals surface area contributed by atoms with Crippen LogP contribution in [0, 0.1) is 5.82 Å². The van der Waals surface area contributed by atoms with Gasteiger partial charge in [-0.15, -0.1) is 11.8 Å². The van der Waals surface area contributed by atoms with Crippen LogP contribution < -0.4 is 5.32 Å². The normalized spacial score (nSPS) is 11.6. The minimum atomic E-state index is -0.684. The highest BCUT2D eigenvalue weighted by Gasteiger charge is 2.30. The van der Waals surface area contributed by atoms with Crippen LogP contribution >= 0.6 is 23.4 Å². The summed E-state index contributed by atoms with van der Waals surface area (Å²) in [4.78, 5) is 28.1. The number of rotatable bonds is 11. The maximum absolute atomic E-state index is 13.5. The molecule has 3 aromatic carbocycles. The monoisotopic (exact) mass is 498 g/mol. The number of thioether (sulfide) groups is 1. The maximum atomic E-state index is 13.5. The largest absolute Gasteiger partial charge is 0.355 e. The zero-order valence-electron chi connectivity index (χ0n) is 19.0. The van der Waals surface area contributed by atoms with Gasteiger partial charge in [0.1, 0.15) is 11.9 Å². The molecular weight excluding hydrogens is 471 g/mol. The summed E-state index contributed by atoms with van der Waals surface area (Å²) >= 11 is 7.44. The minimum absolute atomic E-state index is 0.143. The van der Waals surface area contributed by atoms with Crippen LogP contribution in [-0.4, -0.2) is 35.1 Å². The SMILES string of the molecule is CCNC(=O)C(Cc1ccccc1)N(Cc1ccc(F)cc1)C(=O)CSCc1ccc(Cl)cc1. The third-order valence-corrected chi connectivity index (χ3v) is 6.54. The molecule has 0 saturated heterocycles. The number of hydrogen-bond donors (Lipinski definition) is 1. The van der Waals surface area contributed by atoms with Crippen molar-refractivity contribution in [3.8, 4) is 0 Å². The van der Waals surface area contributed by atoms with Gasteiger partial charge >= 0.3 is 0 Å². The van der Waals surface area contributed by atoms with Gasteiger partial charge in [-0.1, -0.05) is 66.2 Å². The lowest BCUT2D eigenvalue weighted by Gasteiger charge is -2.31. The Morgan fingerprint density at radius 1 is 0.941 bits per heavy atom. The van der Waals surface area contributed by atoms with Crippen LogP contribution in [0.15, 0.2) is 78.9 Å². The third kappa shape index (κ3) is 7.89. The molecule has 0 radical (unpaired) electrons. The van der Waals surface area contributed by atoms with Gasteiger partial charge in [-0.2, -0.15) is 0 Å². The Bertz CT molecular complexity index is 1060. The number of hydrogen-bond acceptors (Lipinski definition) is 3. The fourth-order valence-electron chi connectivity index (χ4n) is 3.55. The van der Waals surface area contributed by atoms with Crippen LogP contribution in [0.4, 0.5) is 4.39 Å². The molecule has 0 heterocycles. The lowest BCUT2D eigenvalue weighted by atomic mass is 10.0. The molecule has 3 rings (SSSR count). The first-order chi connectivity index (χ1) is 16.5. The Morgan fingerprint density at radius 3 is 2.24 bits per heavy atom. The number of nitrogens with one attached hydrogen (secondary N) is 1. The van der Waals surface area contributed by atoms with Gasteiger partial charge in [-0.3, -0.25) is 9.59 Å². The smallest absolute Gasteiger partial charge is 0.243 e. The lowest BCUT2D eigenvalue weighted by molar-refractivity contribution is -0.139. The third-order valence-electron chi connectivity index (χ3n) is 5.30. The van der Waals surface area contributed by atoms with Gasteiger partial charge in [-0.05, 0) is 47.9 Å². The van der Waals surface area contributed by atoms with Crippen molar-refractivity contribution in [3.63, 3.8) is 0 Å². The Kier molecular flexibility index (Phi) is 9.98. The van der Waals surface area contributed by atoms with Gasteiger partial charge < -0.3 is 10.2 Å². The molecule has 0 saturated carbocycles. The summed E-state index contributed by atoms with van der Waals surface area (Å²) in [6, 6.07) is 22.5. The van der Waals surface area contributed by atoms with E-state index in [1.165, 1.54) is 23.9 Å².